The summed E-state index contributed by atoms with van der Waals surface area (Å²) >= 11 is 7.08. The minimum atomic E-state index is -1.85. The van der Waals surface area contributed by atoms with Gasteiger partial charge in [0, 0.05) is 12.1 Å². The van der Waals surface area contributed by atoms with Crippen LogP contribution in [0.5, 0.6) is 0 Å². The van der Waals surface area contributed by atoms with Gasteiger partial charge in [-0.3, -0.25) is 9.59 Å². The van der Waals surface area contributed by atoms with Crippen LogP contribution in [0.15, 0.2) is 66.7 Å². The van der Waals surface area contributed by atoms with Gasteiger partial charge in [-0.2, -0.15) is 0 Å². The summed E-state index contributed by atoms with van der Waals surface area (Å²) in [4.78, 5) is 27.9. The molecule has 0 bridgehead atoms. The van der Waals surface area contributed by atoms with Gasteiger partial charge in [0.15, 0.2) is 11.4 Å². The zero-order valence-corrected chi connectivity index (χ0v) is 17.2. The molecule has 0 spiro atoms. The van der Waals surface area contributed by atoms with Gasteiger partial charge in [-0.05, 0) is 36.6 Å². The molecule has 29 heavy (non-hydrogen) atoms. The molecule has 4 nitrogen and oxygen atoms in total. The van der Waals surface area contributed by atoms with Crippen molar-refractivity contribution in [3.8, 4) is 0 Å². The van der Waals surface area contributed by atoms with E-state index in [0.717, 1.165) is 24.2 Å². The van der Waals surface area contributed by atoms with Gasteiger partial charge in [-0.25, -0.2) is 0 Å². The van der Waals surface area contributed by atoms with Crippen LogP contribution in [-0.4, -0.2) is 23.3 Å². The molecule has 3 aromatic rings. The molecule has 2 aromatic carbocycles. The molecule has 1 aromatic heterocycles. The number of thiophene rings is 1. The van der Waals surface area contributed by atoms with Gasteiger partial charge in [-0.15, -0.1) is 11.3 Å². The fourth-order valence-electron chi connectivity index (χ4n) is 3.77. The van der Waals surface area contributed by atoms with Crippen LogP contribution >= 0.6 is 22.9 Å². The van der Waals surface area contributed by atoms with Crippen LogP contribution in [0.2, 0.25) is 4.34 Å². The number of Topliss-reactive ketones (excluding diaryl/α,β-unsaturated/α-hetero) is 1. The Hall–Kier alpha value is -2.47. The monoisotopic (exact) mass is 425 g/mol. The van der Waals surface area contributed by atoms with Crippen molar-refractivity contribution in [3.63, 3.8) is 0 Å². The van der Waals surface area contributed by atoms with Crippen molar-refractivity contribution in [1.29, 1.82) is 0 Å². The van der Waals surface area contributed by atoms with Gasteiger partial charge in [0.05, 0.1) is 21.3 Å². The highest BCUT2D eigenvalue weighted by Crippen LogP contribution is 2.43. The number of nitrogens with zero attached hydrogens (tertiary/aromatic N) is 1. The van der Waals surface area contributed by atoms with E-state index in [0.29, 0.717) is 27.0 Å². The molecule has 1 amide bonds. The van der Waals surface area contributed by atoms with Gasteiger partial charge in [-0.1, -0.05) is 60.1 Å². The first-order valence-corrected chi connectivity index (χ1v) is 10.6. The molecule has 1 aliphatic rings. The van der Waals surface area contributed by atoms with Crippen LogP contribution in [0.3, 0.4) is 0 Å². The van der Waals surface area contributed by atoms with E-state index in [-0.39, 0.29) is 12.2 Å². The van der Waals surface area contributed by atoms with Crippen molar-refractivity contribution >= 4 is 40.3 Å². The Morgan fingerprint density at radius 2 is 1.76 bits per heavy atom. The molecular formula is C23H20ClNO3S. The average molecular weight is 426 g/mol. The van der Waals surface area contributed by atoms with Crippen LogP contribution in [0.1, 0.15) is 33.6 Å². The Kier molecular flexibility index (Phi) is 5.54. The Bertz CT molecular complexity index is 1050. The molecule has 0 aliphatic carbocycles. The summed E-state index contributed by atoms with van der Waals surface area (Å²) in [7, 11) is 0. The third-order valence-corrected chi connectivity index (χ3v) is 6.47. The van der Waals surface area contributed by atoms with E-state index in [1.165, 1.54) is 5.56 Å². The molecular weight excluding hydrogens is 406 g/mol. The molecule has 1 N–H and O–H groups in total. The Labute approximate surface area is 178 Å². The maximum atomic E-state index is 13.2. The summed E-state index contributed by atoms with van der Waals surface area (Å²) in [5, 5.41) is 11.3. The van der Waals surface area contributed by atoms with Gasteiger partial charge in [0.1, 0.15) is 0 Å². The first-order valence-electron chi connectivity index (χ1n) is 9.45. The second kappa shape index (κ2) is 8.11. The molecule has 1 unspecified atom stereocenters. The fourth-order valence-corrected chi connectivity index (χ4v) is 4.75. The number of benzene rings is 2. The molecule has 2 heterocycles. The summed E-state index contributed by atoms with van der Waals surface area (Å²) in [6.45, 7) is 0.478. The second-order valence-corrected chi connectivity index (χ2v) is 8.84. The van der Waals surface area contributed by atoms with Crippen LogP contribution in [0.4, 0.5) is 5.69 Å². The van der Waals surface area contributed by atoms with Crippen molar-refractivity contribution in [3.05, 3.63) is 87.1 Å². The number of ketones is 1. The van der Waals surface area contributed by atoms with Crippen LogP contribution < -0.4 is 4.90 Å². The van der Waals surface area contributed by atoms with Gasteiger partial charge in [0.25, 0.3) is 5.91 Å². The van der Waals surface area contributed by atoms with E-state index in [1.807, 2.05) is 30.3 Å². The lowest BCUT2D eigenvalue weighted by molar-refractivity contribution is -0.135. The number of hydrogen-bond acceptors (Lipinski definition) is 4. The molecule has 1 atom stereocenters. The van der Waals surface area contributed by atoms with Crippen molar-refractivity contribution in [1.82, 2.24) is 0 Å². The Morgan fingerprint density at radius 1 is 1.03 bits per heavy atom. The van der Waals surface area contributed by atoms with Crippen LogP contribution in [0.25, 0.3) is 0 Å². The van der Waals surface area contributed by atoms with Gasteiger partial charge < -0.3 is 10.0 Å². The van der Waals surface area contributed by atoms with E-state index < -0.39 is 11.5 Å². The standard InChI is InChI=1S/C23H20ClNO3S/c24-21-13-12-20(29-21)19(26)15-23(28)17-10-4-5-11-18(17)25(22(23)27)14-6-9-16-7-2-1-3-8-16/h1-5,7-8,10-13,28H,6,9,14-15H2. The lowest BCUT2D eigenvalue weighted by Gasteiger charge is -2.22. The summed E-state index contributed by atoms with van der Waals surface area (Å²) in [6, 6.07) is 20.5. The maximum absolute atomic E-state index is 13.2. The number of aryl methyl sites for hydroxylation is 1. The topological polar surface area (TPSA) is 57.6 Å². The number of carbonyl (C=O) groups excluding carboxylic acids is 2. The van der Waals surface area contributed by atoms with Gasteiger partial charge >= 0.3 is 0 Å². The number of carbonyl (C=O) groups is 2. The lowest BCUT2D eigenvalue weighted by atomic mass is 9.89. The van der Waals surface area contributed by atoms with E-state index in [1.54, 1.807) is 29.2 Å². The quantitative estimate of drug-likeness (QED) is 0.551. The normalized spacial score (nSPS) is 18.1. The summed E-state index contributed by atoms with van der Waals surface area (Å²) < 4.78 is 0.501. The fraction of sp³-hybridized carbons (Fsp3) is 0.217. The first kappa shape index (κ1) is 19.8. The largest absolute Gasteiger partial charge is 0.375 e. The molecule has 0 fully saturated rings. The third kappa shape index (κ3) is 3.86. The summed E-state index contributed by atoms with van der Waals surface area (Å²) in [5.41, 5.74) is 0.509. The van der Waals surface area contributed by atoms with E-state index in [9.17, 15) is 14.7 Å². The Balaban J connectivity index is 1.54. The molecule has 0 saturated heterocycles. The highest BCUT2D eigenvalue weighted by Gasteiger charge is 2.50. The van der Waals surface area contributed by atoms with E-state index >= 15 is 0 Å². The number of amides is 1. The zero-order valence-electron chi connectivity index (χ0n) is 15.7. The van der Waals surface area contributed by atoms with Crippen LogP contribution in [0, 0.1) is 0 Å². The van der Waals surface area contributed by atoms with Crippen LogP contribution in [-0.2, 0) is 16.8 Å². The van der Waals surface area contributed by atoms with E-state index in [2.05, 4.69) is 12.1 Å². The number of anilines is 1. The molecule has 4 rings (SSSR count). The van der Waals surface area contributed by atoms with E-state index in [4.69, 9.17) is 11.6 Å². The first-order chi connectivity index (χ1) is 14.0. The molecule has 6 heteroatoms. The van der Waals surface area contributed by atoms with Crippen molar-refractivity contribution in [2.24, 2.45) is 0 Å². The maximum Gasteiger partial charge on any atom is 0.264 e. The average Bonchev–Trinajstić information content (AvgIpc) is 3.25. The lowest BCUT2D eigenvalue weighted by Crippen LogP contribution is -2.42. The predicted molar refractivity (Wildman–Crippen MR) is 116 cm³/mol. The highest BCUT2D eigenvalue weighted by atomic mass is 35.5. The number of hydrogen-bond donors (Lipinski definition) is 1. The zero-order chi connectivity index (χ0) is 20.4. The number of aliphatic hydroxyl groups is 1. The molecule has 148 valence electrons. The number of para-hydroxylation sites is 1. The third-order valence-electron chi connectivity index (χ3n) is 5.19. The van der Waals surface area contributed by atoms with Gasteiger partial charge in [0.2, 0.25) is 0 Å². The number of halogens is 1. The number of rotatable bonds is 7. The SMILES string of the molecule is O=C(CC1(O)C(=O)N(CCCc2ccccc2)c2ccccc21)c1ccc(Cl)s1. The highest BCUT2D eigenvalue weighted by molar-refractivity contribution is 7.18. The Morgan fingerprint density at radius 3 is 2.48 bits per heavy atom. The summed E-state index contributed by atoms with van der Waals surface area (Å²) in [5.74, 6) is -0.735. The van der Waals surface area contributed by atoms with Crippen molar-refractivity contribution in [2.75, 3.05) is 11.4 Å². The smallest absolute Gasteiger partial charge is 0.264 e. The second-order valence-electron chi connectivity index (χ2n) is 7.13. The minimum absolute atomic E-state index is 0.293. The molecule has 1 aliphatic heterocycles. The summed E-state index contributed by atoms with van der Waals surface area (Å²) in [6.07, 6.45) is 1.29. The van der Waals surface area contributed by atoms with Crippen molar-refractivity contribution < 1.29 is 14.7 Å². The minimum Gasteiger partial charge on any atom is -0.375 e. The predicted octanol–water partition coefficient (Wildman–Crippen LogP) is 4.84. The molecule has 0 saturated carbocycles. The molecule has 0 radical (unpaired) electrons. The number of fused-ring (bicyclic) bond motifs is 1. The van der Waals surface area contributed by atoms with Crippen molar-refractivity contribution in [2.45, 2.75) is 24.9 Å².